The lowest BCUT2D eigenvalue weighted by Crippen LogP contribution is -2.19. The Morgan fingerprint density at radius 2 is 1.87 bits per heavy atom. The first-order valence-electron chi connectivity index (χ1n) is 9.16. The maximum Gasteiger partial charge on any atom is 0.416 e. The number of nitrogens with two attached hydrogens (primary N) is 1. The molecule has 0 saturated heterocycles. The minimum atomic E-state index is -4.35. The zero-order valence-electron chi connectivity index (χ0n) is 16.2. The molecule has 10 heteroatoms. The molecular weight excluding hydrogens is 397 g/mol. The molecule has 0 fully saturated rings. The normalized spacial score (nSPS) is 13.1. The molecule has 0 aliphatic rings. The van der Waals surface area contributed by atoms with Gasteiger partial charge < -0.3 is 15.8 Å². The van der Waals surface area contributed by atoms with Gasteiger partial charge in [-0.25, -0.2) is 9.97 Å². The number of nitrogens with one attached hydrogen (secondary N) is 1. The van der Waals surface area contributed by atoms with Gasteiger partial charge in [0.25, 0.3) is 0 Å². The van der Waals surface area contributed by atoms with Crippen molar-refractivity contribution in [1.82, 2.24) is 24.9 Å². The molecule has 30 heavy (non-hydrogen) atoms. The van der Waals surface area contributed by atoms with Gasteiger partial charge in [-0.2, -0.15) is 17.7 Å². The predicted molar refractivity (Wildman–Crippen MR) is 106 cm³/mol. The summed E-state index contributed by atoms with van der Waals surface area (Å²) in [6.45, 7) is 2.16. The van der Waals surface area contributed by atoms with Crippen LogP contribution in [0.4, 0.5) is 19.1 Å². The van der Waals surface area contributed by atoms with Gasteiger partial charge in [-0.15, -0.1) is 5.10 Å². The van der Waals surface area contributed by atoms with Gasteiger partial charge in [-0.3, -0.25) is 0 Å². The number of benzene rings is 2. The van der Waals surface area contributed by atoms with Crippen LogP contribution in [0.1, 0.15) is 29.9 Å². The van der Waals surface area contributed by atoms with Crippen LogP contribution in [-0.2, 0) is 12.7 Å². The molecule has 4 rings (SSSR count). The second kappa shape index (κ2) is 7.45. The number of methoxy groups -OCH3 is 1. The van der Waals surface area contributed by atoms with Crippen LogP contribution in [0.2, 0.25) is 0 Å². The number of hydrogen-bond donors (Lipinski definition) is 2. The molecule has 0 bridgehead atoms. The summed E-state index contributed by atoms with van der Waals surface area (Å²) < 4.78 is 45.0. The molecule has 0 spiro atoms. The molecule has 2 heterocycles. The molecule has 0 aliphatic heterocycles. The molecule has 3 N–H and O–H groups in total. The summed E-state index contributed by atoms with van der Waals surface area (Å²) in [5.41, 5.74) is 7.23. The number of halogens is 3. The molecule has 0 radical (unpaired) electrons. The van der Waals surface area contributed by atoms with Gasteiger partial charge in [0.2, 0.25) is 5.95 Å². The molecule has 2 aromatic carbocycles. The zero-order chi connectivity index (χ0) is 21.5. The van der Waals surface area contributed by atoms with Crippen molar-refractivity contribution in [3.05, 3.63) is 59.4 Å². The topological polar surface area (TPSA) is 90.4 Å². The van der Waals surface area contributed by atoms with Crippen LogP contribution in [-0.4, -0.2) is 26.7 Å². The van der Waals surface area contributed by atoms with Crippen molar-refractivity contribution in [2.24, 2.45) is 0 Å². The summed E-state index contributed by atoms with van der Waals surface area (Å²) >= 11 is 0. The number of ether oxygens (including phenoxy) is 1. The Balaban J connectivity index is 1.57. The van der Waals surface area contributed by atoms with Crippen molar-refractivity contribution in [3.63, 3.8) is 0 Å². The summed E-state index contributed by atoms with van der Waals surface area (Å²) in [4.78, 5) is 8.91. The maximum absolute atomic E-state index is 12.7. The van der Waals surface area contributed by atoms with Gasteiger partial charge in [-0.05, 0) is 36.8 Å². The van der Waals surface area contributed by atoms with Crippen LogP contribution in [0, 0.1) is 0 Å². The summed E-state index contributed by atoms with van der Waals surface area (Å²) in [5, 5.41) is 8.36. The summed E-state index contributed by atoms with van der Waals surface area (Å²) in [5.74, 6) is 1.24. The maximum atomic E-state index is 12.7. The molecule has 0 amide bonds. The third kappa shape index (κ3) is 3.61. The zero-order valence-corrected chi connectivity index (χ0v) is 16.2. The Bertz CT molecular complexity index is 1200. The number of alkyl halides is 3. The second-order valence-corrected chi connectivity index (χ2v) is 6.81. The fourth-order valence-corrected chi connectivity index (χ4v) is 3.23. The number of nitrogen functional groups attached to an aromatic ring is 1. The first-order chi connectivity index (χ1) is 14.3. The number of nitrogens with zero attached hydrogens (tertiary/aromatic N) is 4. The third-order valence-corrected chi connectivity index (χ3v) is 4.86. The molecule has 0 saturated carbocycles. The van der Waals surface area contributed by atoms with E-state index in [0.29, 0.717) is 29.3 Å². The minimum Gasteiger partial charge on any atom is -0.494 e. The van der Waals surface area contributed by atoms with Crippen molar-refractivity contribution in [2.75, 3.05) is 12.8 Å². The molecular formula is C20H19F3N6O. The van der Waals surface area contributed by atoms with E-state index >= 15 is 0 Å². The molecule has 156 valence electrons. The monoisotopic (exact) mass is 416 g/mol. The minimum absolute atomic E-state index is 0.177. The molecule has 7 nitrogen and oxygen atoms in total. The van der Waals surface area contributed by atoms with Crippen molar-refractivity contribution in [3.8, 4) is 5.75 Å². The SMILES string of the molecule is COc1cccc2c1nc(N)n1nc(CN[C@@H](C)c3ccc(C(F)(F)F)cc3)nc21. The van der Waals surface area contributed by atoms with Crippen molar-refractivity contribution in [1.29, 1.82) is 0 Å². The first-order valence-corrected chi connectivity index (χ1v) is 9.16. The highest BCUT2D eigenvalue weighted by Crippen LogP contribution is 2.30. The van der Waals surface area contributed by atoms with Crippen LogP contribution in [0.5, 0.6) is 5.75 Å². The van der Waals surface area contributed by atoms with E-state index in [9.17, 15) is 13.2 Å². The van der Waals surface area contributed by atoms with E-state index < -0.39 is 11.7 Å². The molecule has 1 atom stereocenters. The molecule has 0 unspecified atom stereocenters. The Hall–Kier alpha value is -3.40. The third-order valence-electron chi connectivity index (χ3n) is 4.86. The number of aromatic nitrogens is 4. The summed E-state index contributed by atoms with van der Waals surface area (Å²) in [7, 11) is 1.55. The molecule has 2 aromatic heterocycles. The Labute approximate surface area is 169 Å². The quantitative estimate of drug-likeness (QED) is 0.515. The summed E-state index contributed by atoms with van der Waals surface area (Å²) in [6.07, 6.45) is -4.35. The van der Waals surface area contributed by atoms with E-state index in [0.717, 1.165) is 23.1 Å². The van der Waals surface area contributed by atoms with Gasteiger partial charge in [0.15, 0.2) is 11.5 Å². The highest BCUT2D eigenvalue weighted by molar-refractivity contribution is 5.95. The van der Waals surface area contributed by atoms with E-state index in [1.807, 2.05) is 19.1 Å². The smallest absolute Gasteiger partial charge is 0.416 e. The largest absolute Gasteiger partial charge is 0.494 e. The van der Waals surface area contributed by atoms with Crippen LogP contribution >= 0.6 is 0 Å². The fourth-order valence-electron chi connectivity index (χ4n) is 3.23. The Morgan fingerprint density at radius 1 is 1.13 bits per heavy atom. The first kappa shape index (κ1) is 19.9. The molecule has 0 aliphatic carbocycles. The highest BCUT2D eigenvalue weighted by Gasteiger charge is 2.30. The van der Waals surface area contributed by atoms with E-state index in [2.05, 4.69) is 20.4 Å². The lowest BCUT2D eigenvalue weighted by Gasteiger charge is -2.14. The van der Waals surface area contributed by atoms with Crippen molar-refractivity contribution < 1.29 is 17.9 Å². The van der Waals surface area contributed by atoms with Gasteiger partial charge in [0, 0.05) is 11.4 Å². The van der Waals surface area contributed by atoms with E-state index in [1.165, 1.54) is 16.6 Å². The fraction of sp³-hybridized carbons (Fsp3) is 0.250. The highest BCUT2D eigenvalue weighted by atomic mass is 19.4. The van der Waals surface area contributed by atoms with Crippen molar-refractivity contribution >= 4 is 22.5 Å². The van der Waals surface area contributed by atoms with Gasteiger partial charge in [0.05, 0.1) is 19.2 Å². The van der Waals surface area contributed by atoms with Crippen molar-refractivity contribution in [2.45, 2.75) is 25.7 Å². The van der Waals surface area contributed by atoms with Gasteiger partial charge in [0.1, 0.15) is 11.3 Å². The van der Waals surface area contributed by atoms with Gasteiger partial charge in [-0.1, -0.05) is 18.2 Å². The lowest BCUT2D eigenvalue weighted by molar-refractivity contribution is -0.137. The number of rotatable bonds is 5. The molecule has 4 aromatic rings. The summed E-state index contributed by atoms with van der Waals surface area (Å²) in [6, 6.07) is 10.3. The Morgan fingerprint density at radius 3 is 2.53 bits per heavy atom. The number of fused-ring (bicyclic) bond motifs is 3. The number of para-hydroxylation sites is 1. The van der Waals surface area contributed by atoms with E-state index in [-0.39, 0.29) is 12.0 Å². The van der Waals surface area contributed by atoms with E-state index in [4.69, 9.17) is 10.5 Å². The van der Waals surface area contributed by atoms with Crippen LogP contribution in [0.15, 0.2) is 42.5 Å². The average molecular weight is 416 g/mol. The van der Waals surface area contributed by atoms with Crippen LogP contribution < -0.4 is 15.8 Å². The number of anilines is 1. The Kier molecular flexibility index (Phi) is 4.94. The van der Waals surface area contributed by atoms with Crippen LogP contribution in [0.3, 0.4) is 0 Å². The predicted octanol–water partition coefficient (Wildman–Crippen LogP) is 3.74. The number of hydrogen-bond acceptors (Lipinski definition) is 6. The van der Waals surface area contributed by atoms with Gasteiger partial charge >= 0.3 is 6.18 Å². The van der Waals surface area contributed by atoms with E-state index in [1.54, 1.807) is 13.2 Å². The average Bonchev–Trinajstić information content (AvgIpc) is 3.16. The lowest BCUT2D eigenvalue weighted by atomic mass is 10.1. The van der Waals surface area contributed by atoms with Crippen LogP contribution in [0.25, 0.3) is 16.6 Å². The standard InChI is InChI=1S/C20H19F3N6O/c1-11(12-6-8-13(9-7-12)20(21,22)23)25-10-16-26-18-14-4-3-5-15(30-2)17(14)27-19(24)29(18)28-16/h3-9,11,25H,10H2,1-2H3,(H2,24,27)/t11-/m0/s1. The second-order valence-electron chi connectivity index (χ2n) is 6.81.